The van der Waals surface area contributed by atoms with Crippen LogP contribution in [0.25, 0.3) is 0 Å². The standard InChI is InChI=1S/C15H28N4/c1-4-5-11-19(12-14-7-6-9-16-14)13(2)15-8-10-17-18(15)3/h8,10,13-14,16H,4-7,9,11-12H2,1-3H3. The molecule has 2 unspecified atom stereocenters. The van der Waals surface area contributed by atoms with Crippen molar-refractivity contribution in [3.05, 3.63) is 18.0 Å². The van der Waals surface area contributed by atoms with Crippen LogP contribution in [-0.4, -0.2) is 40.4 Å². The Morgan fingerprint density at radius 1 is 1.58 bits per heavy atom. The van der Waals surface area contributed by atoms with E-state index < -0.39 is 0 Å². The van der Waals surface area contributed by atoms with Crippen LogP contribution in [0.15, 0.2) is 12.3 Å². The summed E-state index contributed by atoms with van der Waals surface area (Å²) < 4.78 is 2.01. The first-order valence-corrected chi connectivity index (χ1v) is 7.67. The zero-order valence-electron chi connectivity index (χ0n) is 12.6. The molecule has 0 saturated carbocycles. The molecule has 2 rings (SSSR count). The SMILES string of the molecule is CCCCN(CC1CCCN1)C(C)c1ccnn1C. The summed E-state index contributed by atoms with van der Waals surface area (Å²) in [5.41, 5.74) is 1.31. The van der Waals surface area contributed by atoms with E-state index in [1.807, 2.05) is 17.9 Å². The Hall–Kier alpha value is -0.870. The highest BCUT2D eigenvalue weighted by Crippen LogP contribution is 2.21. The lowest BCUT2D eigenvalue weighted by Gasteiger charge is -2.31. The molecule has 2 atom stereocenters. The molecule has 1 N–H and O–H groups in total. The second kappa shape index (κ2) is 7.06. The molecule has 1 saturated heterocycles. The van der Waals surface area contributed by atoms with Crippen LogP contribution in [0.4, 0.5) is 0 Å². The minimum absolute atomic E-state index is 0.446. The highest BCUT2D eigenvalue weighted by atomic mass is 15.3. The van der Waals surface area contributed by atoms with Gasteiger partial charge in [-0.2, -0.15) is 5.10 Å². The number of nitrogens with one attached hydrogen (secondary N) is 1. The highest BCUT2D eigenvalue weighted by molar-refractivity contribution is 5.06. The van der Waals surface area contributed by atoms with Gasteiger partial charge in [0.05, 0.1) is 5.69 Å². The average molecular weight is 264 g/mol. The fourth-order valence-corrected chi connectivity index (χ4v) is 2.98. The Labute approximate surface area is 117 Å². The Bertz CT molecular complexity index is 368. The van der Waals surface area contributed by atoms with Crippen LogP contribution in [0.2, 0.25) is 0 Å². The predicted molar refractivity (Wildman–Crippen MR) is 79.1 cm³/mol. The Morgan fingerprint density at radius 3 is 3.00 bits per heavy atom. The molecule has 0 bridgehead atoms. The van der Waals surface area contributed by atoms with E-state index in [2.05, 4.69) is 35.2 Å². The summed E-state index contributed by atoms with van der Waals surface area (Å²) in [5.74, 6) is 0. The minimum atomic E-state index is 0.446. The first-order chi connectivity index (χ1) is 9.22. The molecule has 1 fully saturated rings. The van der Waals surface area contributed by atoms with Gasteiger partial charge in [0.2, 0.25) is 0 Å². The normalized spacial score (nSPS) is 21.2. The first-order valence-electron chi connectivity index (χ1n) is 7.67. The van der Waals surface area contributed by atoms with Gasteiger partial charge in [-0.1, -0.05) is 13.3 Å². The molecular weight excluding hydrogens is 236 g/mol. The summed E-state index contributed by atoms with van der Waals surface area (Å²) >= 11 is 0. The third kappa shape index (κ3) is 3.80. The minimum Gasteiger partial charge on any atom is -0.313 e. The van der Waals surface area contributed by atoms with Gasteiger partial charge in [-0.25, -0.2) is 0 Å². The Balaban J connectivity index is 2.00. The molecule has 0 aromatic carbocycles. The van der Waals surface area contributed by atoms with Gasteiger partial charge in [-0.3, -0.25) is 9.58 Å². The van der Waals surface area contributed by atoms with E-state index in [9.17, 15) is 0 Å². The summed E-state index contributed by atoms with van der Waals surface area (Å²) in [6, 6.07) is 3.26. The van der Waals surface area contributed by atoms with E-state index in [1.165, 1.54) is 44.5 Å². The number of rotatable bonds is 7. The van der Waals surface area contributed by atoms with E-state index in [-0.39, 0.29) is 0 Å². The molecule has 0 amide bonds. The van der Waals surface area contributed by atoms with Crippen molar-refractivity contribution >= 4 is 0 Å². The van der Waals surface area contributed by atoms with Crippen molar-refractivity contribution in [3.8, 4) is 0 Å². The third-order valence-electron chi connectivity index (χ3n) is 4.25. The fourth-order valence-electron chi connectivity index (χ4n) is 2.98. The van der Waals surface area contributed by atoms with Gasteiger partial charge in [-0.15, -0.1) is 0 Å². The van der Waals surface area contributed by atoms with Crippen molar-refractivity contribution < 1.29 is 0 Å². The van der Waals surface area contributed by atoms with Crippen molar-refractivity contribution in [1.29, 1.82) is 0 Å². The van der Waals surface area contributed by atoms with Crippen LogP contribution in [-0.2, 0) is 7.05 Å². The summed E-state index contributed by atoms with van der Waals surface area (Å²) in [4.78, 5) is 2.61. The number of aryl methyl sites for hydroxylation is 1. The first kappa shape index (κ1) is 14.5. The molecule has 0 aliphatic carbocycles. The van der Waals surface area contributed by atoms with Gasteiger partial charge in [0, 0.05) is 31.9 Å². The van der Waals surface area contributed by atoms with E-state index >= 15 is 0 Å². The van der Waals surface area contributed by atoms with Gasteiger partial charge in [0.15, 0.2) is 0 Å². The fraction of sp³-hybridized carbons (Fsp3) is 0.800. The number of hydrogen-bond donors (Lipinski definition) is 1. The van der Waals surface area contributed by atoms with E-state index in [0.29, 0.717) is 12.1 Å². The van der Waals surface area contributed by atoms with Gasteiger partial charge in [-0.05, 0) is 45.3 Å². The van der Waals surface area contributed by atoms with Crippen LogP contribution in [0, 0.1) is 0 Å². The highest BCUT2D eigenvalue weighted by Gasteiger charge is 2.23. The topological polar surface area (TPSA) is 33.1 Å². The van der Waals surface area contributed by atoms with Crippen molar-refractivity contribution in [2.75, 3.05) is 19.6 Å². The van der Waals surface area contributed by atoms with Gasteiger partial charge >= 0.3 is 0 Å². The van der Waals surface area contributed by atoms with Crippen LogP contribution < -0.4 is 5.32 Å². The van der Waals surface area contributed by atoms with Crippen LogP contribution in [0.3, 0.4) is 0 Å². The molecule has 1 aromatic heterocycles. The van der Waals surface area contributed by atoms with Crippen LogP contribution >= 0.6 is 0 Å². The number of nitrogens with zero attached hydrogens (tertiary/aromatic N) is 3. The lowest BCUT2D eigenvalue weighted by Crippen LogP contribution is -2.40. The Kier molecular flexibility index (Phi) is 5.40. The van der Waals surface area contributed by atoms with E-state index in [4.69, 9.17) is 0 Å². The number of unbranched alkanes of at least 4 members (excludes halogenated alkanes) is 1. The molecule has 1 aliphatic heterocycles. The van der Waals surface area contributed by atoms with Crippen molar-refractivity contribution in [2.45, 2.75) is 51.6 Å². The molecule has 1 aromatic rings. The van der Waals surface area contributed by atoms with Crippen LogP contribution in [0.1, 0.15) is 51.3 Å². The molecule has 19 heavy (non-hydrogen) atoms. The maximum absolute atomic E-state index is 4.31. The summed E-state index contributed by atoms with van der Waals surface area (Å²) in [6.07, 6.45) is 7.08. The quantitative estimate of drug-likeness (QED) is 0.820. The van der Waals surface area contributed by atoms with Gasteiger partial charge in [0.1, 0.15) is 0 Å². The van der Waals surface area contributed by atoms with Crippen LogP contribution in [0.5, 0.6) is 0 Å². The summed E-state index contributed by atoms with van der Waals surface area (Å²) in [6.45, 7) is 8.10. The molecule has 4 nitrogen and oxygen atoms in total. The molecular formula is C15H28N4. The van der Waals surface area contributed by atoms with Gasteiger partial charge < -0.3 is 5.32 Å². The molecule has 4 heteroatoms. The molecule has 2 heterocycles. The summed E-state index contributed by atoms with van der Waals surface area (Å²) in [5, 5.41) is 7.92. The monoisotopic (exact) mass is 264 g/mol. The molecule has 1 aliphatic rings. The lowest BCUT2D eigenvalue weighted by atomic mass is 10.1. The summed E-state index contributed by atoms with van der Waals surface area (Å²) in [7, 11) is 2.04. The van der Waals surface area contributed by atoms with E-state index in [1.54, 1.807) is 0 Å². The third-order valence-corrected chi connectivity index (χ3v) is 4.25. The zero-order chi connectivity index (χ0) is 13.7. The molecule has 0 spiro atoms. The second-order valence-corrected chi connectivity index (χ2v) is 5.70. The van der Waals surface area contributed by atoms with Gasteiger partial charge in [0.25, 0.3) is 0 Å². The van der Waals surface area contributed by atoms with Crippen molar-refractivity contribution in [2.24, 2.45) is 7.05 Å². The molecule has 108 valence electrons. The largest absolute Gasteiger partial charge is 0.313 e. The zero-order valence-corrected chi connectivity index (χ0v) is 12.6. The van der Waals surface area contributed by atoms with Crippen molar-refractivity contribution in [1.82, 2.24) is 20.0 Å². The lowest BCUT2D eigenvalue weighted by molar-refractivity contribution is 0.183. The second-order valence-electron chi connectivity index (χ2n) is 5.70. The number of aromatic nitrogens is 2. The average Bonchev–Trinajstić information content (AvgIpc) is 3.05. The maximum Gasteiger partial charge on any atom is 0.0549 e. The molecule has 0 radical (unpaired) electrons. The van der Waals surface area contributed by atoms with Crippen molar-refractivity contribution in [3.63, 3.8) is 0 Å². The van der Waals surface area contributed by atoms with E-state index in [0.717, 1.165) is 6.54 Å². The maximum atomic E-state index is 4.31. The smallest absolute Gasteiger partial charge is 0.0549 e. The number of hydrogen-bond acceptors (Lipinski definition) is 3. The predicted octanol–water partition coefficient (Wildman–Crippen LogP) is 2.34. The Morgan fingerprint density at radius 2 is 2.42 bits per heavy atom.